The highest BCUT2D eigenvalue weighted by atomic mass is 32.2. The van der Waals surface area contributed by atoms with Crippen LogP contribution in [0.4, 0.5) is 0 Å². The highest BCUT2D eigenvalue weighted by Gasteiger charge is 2.04. The van der Waals surface area contributed by atoms with Gasteiger partial charge >= 0.3 is 0 Å². The van der Waals surface area contributed by atoms with Crippen LogP contribution in [-0.2, 0) is 21.4 Å². The van der Waals surface area contributed by atoms with Gasteiger partial charge in [-0.05, 0) is 12.5 Å². The second kappa shape index (κ2) is 5.61. The fraction of sp³-hybridized carbons (Fsp3) is 0.500. The van der Waals surface area contributed by atoms with Gasteiger partial charge in [0.1, 0.15) is 6.54 Å². The number of hydrogen-bond donors (Lipinski definition) is 2. The second-order valence-electron chi connectivity index (χ2n) is 3.27. The standard InChI is InChI=1S/C8H14N4O3S/c9-16(14,15)6-2-3-10-8(13)7-12-5-1-4-11-12/h1,4-5H,2-3,6-7H2,(H,10,13)(H2,9,14,15). The molecule has 0 saturated heterocycles. The van der Waals surface area contributed by atoms with E-state index in [4.69, 9.17) is 5.14 Å². The number of amides is 1. The Hall–Kier alpha value is -1.41. The minimum Gasteiger partial charge on any atom is -0.354 e. The predicted octanol–water partition coefficient (Wildman–Crippen LogP) is -1.32. The summed E-state index contributed by atoms with van der Waals surface area (Å²) in [4.78, 5) is 11.3. The molecule has 1 rings (SSSR count). The largest absolute Gasteiger partial charge is 0.354 e. The molecule has 16 heavy (non-hydrogen) atoms. The van der Waals surface area contributed by atoms with E-state index in [0.29, 0.717) is 6.42 Å². The quantitative estimate of drug-likeness (QED) is 0.607. The van der Waals surface area contributed by atoms with Crippen LogP contribution in [0.25, 0.3) is 0 Å². The Balaban J connectivity index is 2.16. The molecule has 1 aromatic heterocycles. The third-order valence-corrected chi connectivity index (χ3v) is 2.65. The molecule has 0 atom stereocenters. The van der Waals surface area contributed by atoms with Crippen molar-refractivity contribution in [1.29, 1.82) is 0 Å². The van der Waals surface area contributed by atoms with Gasteiger partial charge in [-0.1, -0.05) is 0 Å². The van der Waals surface area contributed by atoms with E-state index in [-0.39, 0.29) is 24.7 Å². The number of sulfonamides is 1. The summed E-state index contributed by atoms with van der Waals surface area (Å²) in [6, 6.07) is 1.72. The van der Waals surface area contributed by atoms with E-state index >= 15 is 0 Å². The fourth-order valence-electron chi connectivity index (χ4n) is 1.10. The van der Waals surface area contributed by atoms with Crippen molar-refractivity contribution < 1.29 is 13.2 Å². The maximum Gasteiger partial charge on any atom is 0.241 e. The maximum atomic E-state index is 11.3. The van der Waals surface area contributed by atoms with E-state index in [2.05, 4.69) is 10.4 Å². The lowest BCUT2D eigenvalue weighted by molar-refractivity contribution is -0.121. The van der Waals surface area contributed by atoms with Crippen molar-refractivity contribution in [1.82, 2.24) is 15.1 Å². The number of carbonyl (C=O) groups excluding carboxylic acids is 1. The predicted molar refractivity (Wildman–Crippen MR) is 57.8 cm³/mol. The molecule has 1 heterocycles. The summed E-state index contributed by atoms with van der Waals surface area (Å²) < 4.78 is 22.6. The number of primary sulfonamides is 1. The Morgan fingerprint density at radius 2 is 2.25 bits per heavy atom. The van der Waals surface area contributed by atoms with Gasteiger partial charge in [0.15, 0.2) is 0 Å². The van der Waals surface area contributed by atoms with Crippen LogP contribution in [0.5, 0.6) is 0 Å². The zero-order chi connectivity index (χ0) is 12.0. The van der Waals surface area contributed by atoms with Crippen molar-refractivity contribution in [3.05, 3.63) is 18.5 Å². The number of aromatic nitrogens is 2. The Morgan fingerprint density at radius 3 is 2.81 bits per heavy atom. The molecule has 1 amide bonds. The first kappa shape index (κ1) is 12.7. The van der Waals surface area contributed by atoms with Gasteiger partial charge in [-0.25, -0.2) is 13.6 Å². The van der Waals surface area contributed by atoms with Gasteiger partial charge in [0.05, 0.1) is 5.75 Å². The van der Waals surface area contributed by atoms with Gasteiger partial charge in [0.25, 0.3) is 0 Å². The number of carbonyl (C=O) groups is 1. The molecule has 90 valence electrons. The van der Waals surface area contributed by atoms with E-state index in [1.807, 2.05) is 0 Å². The lowest BCUT2D eigenvalue weighted by Crippen LogP contribution is -2.30. The minimum absolute atomic E-state index is 0.127. The molecule has 0 aromatic carbocycles. The van der Waals surface area contributed by atoms with Crippen LogP contribution in [0, 0.1) is 0 Å². The highest BCUT2D eigenvalue weighted by Crippen LogP contribution is 1.86. The summed E-state index contributed by atoms with van der Waals surface area (Å²) in [5.41, 5.74) is 0. The zero-order valence-corrected chi connectivity index (χ0v) is 9.48. The molecular formula is C8H14N4O3S. The van der Waals surface area contributed by atoms with Gasteiger partial charge < -0.3 is 5.32 Å². The highest BCUT2D eigenvalue weighted by molar-refractivity contribution is 7.89. The summed E-state index contributed by atoms with van der Waals surface area (Å²) in [5, 5.41) is 11.2. The number of hydrogen-bond acceptors (Lipinski definition) is 4. The molecule has 0 unspecified atom stereocenters. The Bertz CT molecular complexity index is 426. The van der Waals surface area contributed by atoms with E-state index in [9.17, 15) is 13.2 Å². The van der Waals surface area contributed by atoms with Crippen molar-refractivity contribution >= 4 is 15.9 Å². The monoisotopic (exact) mass is 246 g/mol. The summed E-state index contributed by atoms with van der Waals surface area (Å²) in [5.74, 6) is -0.340. The first-order valence-electron chi connectivity index (χ1n) is 4.72. The zero-order valence-electron chi connectivity index (χ0n) is 8.67. The van der Waals surface area contributed by atoms with Crippen LogP contribution in [0.1, 0.15) is 6.42 Å². The fourth-order valence-corrected chi connectivity index (χ4v) is 1.64. The van der Waals surface area contributed by atoms with E-state index in [1.165, 1.54) is 4.68 Å². The first-order chi connectivity index (χ1) is 7.47. The van der Waals surface area contributed by atoms with E-state index in [0.717, 1.165) is 0 Å². The van der Waals surface area contributed by atoms with Crippen LogP contribution in [-0.4, -0.2) is 36.4 Å². The normalized spacial score (nSPS) is 11.3. The van der Waals surface area contributed by atoms with Gasteiger partial charge in [-0.3, -0.25) is 9.48 Å². The third kappa shape index (κ3) is 5.47. The molecule has 1 aromatic rings. The molecular weight excluding hydrogens is 232 g/mol. The molecule has 0 aliphatic carbocycles. The van der Waals surface area contributed by atoms with Crippen molar-refractivity contribution in [3.8, 4) is 0 Å². The van der Waals surface area contributed by atoms with Gasteiger partial charge in [0, 0.05) is 18.9 Å². The molecule has 0 radical (unpaired) electrons. The van der Waals surface area contributed by atoms with E-state index in [1.54, 1.807) is 18.5 Å². The van der Waals surface area contributed by atoms with Gasteiger partial charge in [-0.15, -0.1) is 0 Å². The molecule has 0 aliphatic heterocycles. The summed E-state index contributed by atoms with van der Waals surface area (Å²) in [6.45, 7) is 0.416. The molecule has 0 fully saturated rings. The SMILES string of the molecule is NS(=O)(=O)CCCNC(=O)Cn1cccn1. The van der Waals surface area contributed by atoms with Crippen LogP contribution in [0.2, 0.25) is 0 Å². The molecule has 7 nitrogen and oxygen atoms in total. The molecule has 0 saturated carbocycles. The van der Waals surface area contributed by atoms with Crippen molar-refractivity contribution in [3.63, 3.8) is 0 Å². The van der Waals surface area contributed by atoms with E-state index < -0.39 is 10.0 Å². The van der Waals surface area contributed by atoms with Crippen molar-refractivity contribution in [2.75, 3.05) is 12.3 Å². The molecule has 8 heteroatoms. The van der Waals surface area contributed by atoms with Crippen LogP contribution >= 0.6 is 0 Å². The van der Waals surface area contributed by atoms with Crippen LogP contribution < -0.4 is 10.5 Å². The smallest absolute Gasteiger partial charge is 0.241 e. The van der Waals surface area contributed by atoms with Gasteiger partial charge in [-0.2, -0.15) is 5.10 Å². The number of nitrogens with two attached hydrogens (primary N) is 1. The molecule has 0 bridgehead atoms. The van der Waals surface area contributed by atoms with Crippen LogP contribution in [0.3, 0.4) is 0 Å². The average Bonchev–Trinajstić information content (AvgIpc) is 2.63. The maximum absolute atomic E-state index is 11.3. The lowest BCUT2D eigenvalue weighted by atomic mass is 10.4. The summed E-state index contributed by atoms with van der Waals surface area (Å²) in [7, 11) is -3.44. The van der Waals surface area contributed by atoms with Crippen molar-refractivity contribution in [2.24, 2.45) is 5.14 Å². The lowest BCUT2D eigenvalue weighted by Gasteiger charge is -2.04. The minimum atomic E-state index is -3.44. The van der Waals surface area contributed by atoms with Crippen LogP contribution in [0.15, 0.2) is 18.5 Å². The Kier molecular flexibility index (Phi) is 4.44. The summed E-state index contributed by atoms with van der Waals surface area (Å²) in [6.07, 6.45) is 3.56. The van der Waals surface area contributed by atoms with Crippen molar-refractivity contribution in [2.45, 2.75) is 13.0 Å². The third-order valence-electron chi connectivity index (χ3n) is 1.79. The molecule has 3 N–H and O–H groups in total. The first-order valence-corrected chi connectivity index (χ1v) is 6.43. The topological polar surface area (TPSA) is 107 Å². The van der Waals surface area contributed by atoms with Gasteiger partial charge in [0.2, 0.25) is 15.9 Å². The number of rotatable bonds is 6. The summed E-state index contributed by atoms with van der Waals surface area (Å²) >= 11 is 0. The Labute approximate surface area is 93.7 Å². The number of nitrogens with one attached hydrogen (secondary N) is 1. The molecule has 0 aliphatic rings. The average molecular weight is 246 g/mol. The molecule has 0 spiro atoms. The number of nitrogens with zero attached hydrogens (tertiary/aromatic N) is 2. The second-order valence-corrected chi connectivity index (χ2v) is 5.01. The Morgan fingerprint density at radius 1 is 1.50 bits per heavy atom.